The van der Waals surface area contributed by atoms with Crippen molar-refractivity contribution in [3.63, 3.8) is 0 Å². The van der Waals surface area contributed by atoms with E-state index < -0.39 is 32.2 Å². The van der Waals surface area contributed by atoms with E-state index in [1.807, 2.05) is 0 Å². The molecule has 1 fully saturated rings. The molecular weight excluding hydrogens is 305 g/mol. The number of ether oxygens (including phenoxy) is 1. The second-order valence-corrected chi connectivity index (χ2v) is 5.18. The Bertz CT molecular complexity index is 759. The third kappa shape index (κ3) is 2.45. The molecule has 0 bridgehead atoms. The van der Waals surface area contributed by atoms with Crippen LogP contribution >= 0.6 is 8.25 Å². The van der Waals surface area contributed by atoms with Crippen LogP contribution in [0.4, 0.5) is 5.95 Å². The Morgan fingerprint density at radius 3 is 3.10 bits per heavy atom. The molecule has 0 aromatic carbocycles. The van der Waals surface area contributed by atoms with E-state index >= 15 is 0 Å². The van der Waals surface area contributed by atoms with Crippen molar-refractivity contribution in [2.24, 2.45) is 0 Å². The van der Waals surface area contributed by atoms with E-state index in [2.05, 4.69) is 15.0 Å². The Morgan fingerprint density at radius 1 is 1.62 bits per heavy atom. The number of aromatic amines is 1. The molecule has 3 heterocycles. The third-order valence-corrected chi connectivity index (χ3v) is 3.53. The Kier molecular flexibility index (Phi) is 3.51. The molecule has 12 heteroatoms. The van der Waals surface area contributed by atoms with Crippen LogP contribution in [0.2, 0.25) is 0 Å². The minimum absolute atomic E-state index is 0.0320. The smallest absolute Gasteiger partial charge is 0.317 e. The fourth-order valence-electron chi connectivity index (χ4n) is 2.20. The second-order valence-electron chi connectivity index (χ2n) is 4.41. The fourth-order valence-corrected chi connectivity index (χ4v) is 2.70. The number of nitrogens with zero attached hydrogens (tertiary/aromatic N) is 3. The van der Waals surface area contributed by atoms with E-state index in [4.69, 9.17) is 19.9 Å². The largest absolute Gasteiger partial charge is 0.388 e. The SMILES string of the molecule is Nc1nc2c(ncn2[C@@H]2OCC(O)C2O[PH](=O)O)c(=O)[nH]1. The topological polar surface area (TPSA) is 166 Å². The standard InChI is InChI=1S/C9H12N5O6P/c10-9-12-6-4(7(16)13-9)11-2-14(6)8-5(20-21(17)18)3(15)1-19-8/h2-3,5,8,15,21H,1H2,(H,17,18)(H3,10,12,13,16)/t3?,5?,8-/m1/s1. The van der Waals surface area contributed by atoms with Crippen molar-refractivity contribution in [3.05, 3.63) is 16.7 Å². The molecule has 1 aliphatic rings. The summed E-state index contributed by atoms with van der Waals surface area (Å²) in [5.41, 5.74) is 5.11. The van der Waals surface area contributed by atoms with Crippen LogP contribution in [-0.4, -0.2) is 48.3 Å². The highest BCUT2D eigenvalue weighted by Gasteiger charge is 2.40. The molecule has 3 rings (SSSR count). The number of fused-ring (bicyclic) bond motifs is 1. The molecule has 0 saturated carbocycles. The molecule has 0 amide bonds. The van der Waals surface area contributed by atoms with Gasteiger partial charge in [-0.25, -0.2) is 4.98 Å². The predicted octanol–water partition coefficient (Wildman–Crippen LogP) is -1.64. The number of imidazole rings is 1. The highest BCUT2D eigenvalue weighted by Crippen LogP contribution is 2.34. The van der Waals surface area contributed by atoms with Crippen LogP contribution in [0.25, 0.3) is 11.2 Å². The first-order valence-corrected chi connectivity index (χ1v) is 7.15. The quantitative estimate of drug-likeness (QED) is 0.485. The van der Waals surface area contributed by atoms with Gasteiger partial charge in [0.1, 0.15) is 12.2 Å². The summed E-state index contributed by atoms with van der Waals surface area (Å²) >= 11 is 0. The van der Waals surface area contributed by atoms with Gasteiger partial charge in [-0.05, 0) is 0 Å². The van der Waals surface area contributed by atoms with Gasteiger partial charge in [0, 0.05) is 0 Å². The number of nitrogens with two attached hydrogens (primary N) is 1. The molecule has 0 spiro atoms. The van der Waals surface area contributed by atoms with Gasteiger partial charge in [-0.15, -0.1) is 0 Å². The molecule has 2 aromatic heterocycles. The monoisotopic (exact) mass is 317 g/mol. The summed E-state index contributed by atoms with van der Waals surface area (Å²) < 4.78 is 22.3. The van der Waals surface area contributed by atoms with Crippen LogP contribution < -0.4 is 11.3 Å². The lowest BCUT2D eigenvalue weighted by Gasteiger charge is -2.20. The zero-order chi connectivity index (χ0) is 15.1. The zero-order valence-electron chi connectivity index (χ0n) is 10.5. The van der Waals surface area contributed by atoms with Gasteiger partial charge in [-0.2, -0.15) is 4.98 Å². The Hall–Kier alpha value is -1.78. The minimum Gasteiger partial charge on any atom is -0.388 e. The summed E-state index contributed by atoms with van der Waals surface area (Å²) in [6, 6.07) is 0. The lowest BCUT2D eigenvalue weighted by atomic mass is 10.2. The lowest BCUT2D eigenvalue weighted by molar-refractivity contribution is -0.00372. The number of aliphatic hydroxyl groups is 1. The number of aromatic nitrogens is 4. The van der Waals surface area contributed by atoms with Crippen molar-refractivity contribution in [2.45, 2.75) is 18.4 Å². The van der Waals surface area contributed by atoms with Crippen LogP contribution in [0.5, 0.6) is 0 Å². The average Bonchev–Trinajstić information content (AvgIpc) is 2.94. The van der Waals surface area contributed by atoms with E-state index in [9.17, 15) is 14.5 Å². The van der Waals surface area contributed by atoms with Crippen LogP contribution in [0.15, 0.2) is 11.1 Å². The van der Waals surface area contributed by atoms with E-state index in [1.54, 1.807) is 0 Å². The number of nitrogen functional groups attached to an aromatic ring is 1. The molecule has 0 radical (unpaired) electrons. The first-order valence-electron chi connectivity index (χ1n) is 5.89. The van der Waals surface area contributed by atoms with E-state index in [0.717, 1.165) is 0 Å². The van der Waals surface area contributed by atoms with Crippen molar-refractivity contribution in [2.75, 3.05) is 12.3 Å². The maximum atomic E-state index is 11.7. The molecule has 21 heavy (non-hydrogen) atoms. The van der Waals surface area contributed by atoms with Crippen molar-refractivity contribution in [3.8, 4) is 0 Å². The van der Waals surface area contributed by atoms with Gasteiger partial charge < -0.3 is 20.5 Å². The van der Waals surface area contributed by atoms with E-state index in [-0.39, 0.29) is 23.7 Å². The van der Waals surface area contributed by atoms with Crippen molar-refractivity contribution in [1.29, 1.82) is 0 Å². The van der Waals surface area contributed by atoms with Gasteiger partial charge >= 0.3 is 8.25 Å². The van der Waals surface area contributed by atoms with Gasteiger partial charge in [0.15, 0.2) is 17.4 Å². The number of nitrogens with one attached hydrogen (secondary N) is 1. The molecule has 114 valence electrons. The number of hydrogen-bond donors (Lipinski definition) is 4. The molecule has 0 aliphatic carbocycles. The highest BCUT2D eigenvalue weighted by atomic mass is 31.1. The van der Waals surface area contributed by atoms with E-state index in [0.29, 0.717) is 0 Å². The maximum Gasteiger partial charge on any atom is 0.317 e. The second kappa shape index (κ2) is 5.20. The van der Waals surface area contributed by atoms with Crippen LogP contribution in [0, 0.1) is 0 Å². The molecule has 5 N–H and O–H groups in total. The number of anilines is 1. The molecule has 1 aliphatic heterocycles. The summed E-state index contributed by atoms with van der Waals surface area (Å²) in [5, 5.41) is 9.76. The molecule has 11 nitrogen and oxygen atoms in total. The maximum absolute atomic E-state index is 11.7. The molecule has 3 unspecified atom stereocenters. The predicted molar refractivity (Wildman–Crippen MR) is 69.7 cm³/mol. The first kappa shape index (κ1) is 14.2. The van der Waals surface area contributed by atoms with Crippen LogP contribution in [0.1, 0.15) is 6.23 Å². The van der Waals surface area contributed by atoms with E-state index in [1.165, 1.54) is 10.9 Å². The normalized spacial score (nSPS) is 27.2. The molecule has 4 atom stereocenters. The number of hydrogen-bond acceptors (Lipinski definition) is 8. The van der Waals surface area contributed by atoms with Crippen LogP contribution in [0.3, 0.4) is 0 Å². The molecular formula is C9H12N5O6P. The minimum atomic E-state index is -3.28. The summed E-state index contributed by atoms with van der Waals surface area (Å²) in [5.74, 6) is -0.110. The summed E-state index contributed by atoms with van der Waals surface area (Å²) in [6.45, 7) is -0.0944. The fraction of sp³-hybridized carbons (Fsp3) is 0.444. The summed E-state index contributed by atoms with van der Waals surface area (Å²) in [7, 11) is -3.28. The summed E-state index contributed by atoms with van der Waals surface area (Å²) in [6.07, 6.45) is -1.85. The Balaban J connectivity index is 2.07. The van der Waals surface area contributed by atoms with Crippen molar-refractivity contribution >= 4 is 25.4 Å². The van der Waals surface area contributed by atoms with Gasteiger partial charge in [0.25, 0.3) is 5.56 Å². The molecule has 2 aromatic rings. The number of rotatable bonds is 3. The zero-order valence-corrected chi connectivity index (χ0v) is 11.5. The third-order valence-electron chi connectivity index (χ3n) is 3.06. The van der Waals surface area contributed by atoms with Gasteiger partial charge in [0.05, 0.1) is 12.9 Å². The number of aliphatic hydroxyl groups excluding tert-OH is 1. The lowest BCUT2D eigenvalue weighted by Crippen LogP contribution is -2.29. The van der Waals surface area contributed by atoms with Gasteiger partial charge in [-0.3, -0.25) is 23.4 Å². The number of H-pyrrole nitrogens is 1. The molecule has 1 saturated heterocycles. The highest BCUT2D eigenvalue weighted by molar-refractivity contribution is 7.32. The average molecular weight is 317 g/mol. The van der Waals surface area contributed by atoms with Gasteiger partial charge in [-0.1, -0.05) is 0 Å². The van der Waals surface area contributed by atoms with Crippen molar-refractivity contribution in [1.82, 2.24) is 19.5 Å². The Morgan fingerprint density at radius 2 is 2.38 bits per heavy atom. The first-order chi connectivity index (χ1) is 9.97. The van der Waals surface area contributed by atoms with Crippen molar-refractivity contribution < 1.29 is 23.8 Å². The summed E-state index contributed by atoms with van der Waals surface area (Å²) in [4.78, 5) is 30.7. The Labute approximate surface area is 117 Å². The van der Waals surface area contributed by atoms with Crippen LogP contribution in [-0.2, 0) is 13.8 Å². The van der Waals surface area contributed by atoms with Gasteiger partial charge in [0.2, 0.25) is 5.95 Å².